The molecule has 0 saturated heterocycles. The zero-order valence-corrected chi connectivity index (χ0v) is 33.7. The minimum Gasteiger partial charge on any atom is -0.310 e. The molecule has 0 unspecified atom stereocenters. The van der Waals surface area contributed by atoms with Crippen molar-refractivity contribution in [2.45, 2.75) is 26.2 Å². The van der Waals surface area contributed by atoms with Crippen LogP contribution in [0, 0.1) is 11.6 Å². The molecule has 0 fully saturated rings. The number of halogens is 2. The fraction of sp³-hybridized carbons (Fsp3) is 0.0714. The maximum atomic E-state index is 14.7. The normalized spacial score (nSPS) is 11.8. The molecule has 0 spiro atoms. The van der Waals surface area contributed by atoms with Crippen molar-refractivity contribution < 1.29 is 8.78 Å². The minimum absolute atomic E-state index is 0.0443. The summed E-state index contributed by atoms with van der Waals surface area (Å²) < 4.78 is 29.4. The Hall–Kier alpha value is -7.30. The summed E-state index contributed by atoms with van der Waals surface area (Å²) in [5, 5.41) is 6.76. The predicted octanol–water partition coefficient (Wildman–Crippen LogP) is 16.4. The smallest absolute Gasteiger partial charge is 0.123 e. The Morgan fingerprint density at radius 2 is 0.700 bits per heavy atom. The fourth-order valence-corrected chi connectivity index (χ4v) is 8.58. The molecule has 10 rings (SSSR count). The van der Waals surface area contributed by atoms with E-state index >= 15 is 0 Å². The van der Waals surface area contributed by atoms with Gasteiger partial charge in [0.15, 0.2) is 0 Å². The Bertz CT molecular complexity index is 2900. The quantitative estimate of drug-likeness (QED) is 0.142. The molecule has 0 N–H and O–H groups in total. The van der Waals surface area contributed by atoms with Gasteiger partial charge in [0.2, 0.25) is 0 Å². The van der Waals surface area contributed by atoms with Crippen LogP contribution >= 0.6 is 0 Å². The molecular weight excluding hydrogens is 739 g/mol. The molecule has 60 heavy (non-hydrogen) atoms. The maximum Gasteiger partial charge on any atom is 0.123 e. The van der Waals surface area contributed by atoms with Gasteiger partial charge in [-0.1, -0.05) is 142 Å². The second-order valence-corrected chi connectivity index (χ2v) is 16.5. The Labute approximate surface area is 349 Å². The molecule has 0 aromatic heterocycles. The van der Waals surface area contributed by atoms with Crippen LogP contribution in [0.3, 0.4) is 0 Å². The van der Waals surface area contributed by atoms with E-state index in [1.807, 2.05) is 60.7 Å². The minimum atomic E-state index is -0.301. The zero-order valence-electron chi connectivity index (χ0n) is 33.7. The molecule has 4 heteroatoms. The largest absolute Gasteiger partial charge is 0.310 e. The standard InChI is InChI=1S/C56H42F2N2/c1-56(2,3)43-34-41-18-32-50-52(59(48-28-20-44(57)21-29-48)46-24-14-39(15-25-46)37-10-6-4-7-11-37)36-53(51-33-19-42(35-43)54(41)55(50)51)60(49-30-22-45(58)23-31-49)47-26-16-40(17-27-47)38-12-8-5-9-13-38/h4-36H,1-3H3. The van der Waals surface area contributed by atoms with Crippen LogP contribution in [0.4, 0.5) is 42.9 Å². The highest BCUT2D eigenvalue weighted by molar-refractivity contribution is 6.29. The molecule has 0 aliphatic carbocycles. The van der Waals surface area contributed by atoms with Gasteiger partial charge in [-0.15, -0.1) is 0 Å². The van der Waals surface area contributed by atoms with Gasteiger partial charge in [-0.3, -0.25) is 0 Å². The third-order valence-electron chi connectivity index (χ3n) is 11.7. The fourth-order valence-electron chi connectivity index (χ4n) is 8.58. The van der Waals surface area contributed by atoms with Crippen molar-refractivity contribution >= 4 is 66.4 Å². The van der Waals surface area contributed by atoms with E-state index in [-0.39, 0.29) is 17.0 Å². The van der Waals surface area contributed by atoms with Crippen molar-refractivity contribution in [2.75, 3.05) is 9.80 Å². The van der Waals surface area contributed by atoms with Crippen LogP contribution in [-0.2, 0) is 5.41 Å². The monoisotopic (exact) mass is 780 g/mol. The summed E-state index contributed by atoms with van der Waals surface area (Å²) >= 11 is 0. The molecule has 2 nitrogen and oxygen atoms in total. The van der Waals surface area contributed by atoms with Crippen molar-refractivity contribution in [3.05, 3.63) is 217 Å². The second kappa shape index (κ2) is 14.8. The first-order chi connectivity index (χ1) is 29.2. The molecule has 0 radical (unpaired) electrons. The average Bonchev–Trinajstić information content (AvgIpc) is 3.28. The van der Waals surface area contributed by atoms with Crippen LogP contribution in [-0.4, -0.2) is 0 Å². The average molecular weight is 781 g/mol. The number of nitrogens with zero attached hydrogens (tertiary/aromatic N) is 2. The summed E-state index contributed by atoms with van der Waals surface area (Å²) in [7, 11) is 0. The first kappa shape index (κ1) is 37.0. The first-order valence-corrected chi connectivity index (χ1v) is 20.4. The SMILES string of the molecule is CC(C)(C)c1cc2ccc3c(N(c4ccc(F)cc4)c4ccc(-c5ccccc5)cc4)cc(N(c4ccc(F)cc4)c4ccc(-c5ccccc5)cc4)c4ccc(c1)c2c34. The lowest BCUT2D eigenvalue weighted by molar-refractivity contribution is 0.591. The highest BCUT2D eigenvalue weighted by Gasteiger charge is 2.26. The first-order valence-electron chi connectivity index (χ1n) is 20.4. The van der Waals surface area contributed by atoms with E-state index in [0.29, 0.717) is 0 Å². The van der Waals surface area contributed by atoms with Crippen LogP contribution in [0.15, 0.2) is 200 Å². The molecule has 290 valence electrons. The number of hydrogen-bond donors (Lipinski definition) is 0. The third-order valence-corrected chi connectivity index (χ3v) is 11.7. The summed E-state index contributed by atoms with van der Waals surface area (Å²) in [5.74, 6) is -0.601. The lowest BCUT2D eigenvalue weighted by Gasteiger charge is -2.32. The Kier molecular flexibility index (Phi) is 9.14. The molecule has 10 aromatic carbocycles. The summed E-state index contributed by atoms with van der Waals surface area (Å²) in [4.78, 5) is 4.46. The Morgan fingerprint density at radius 3 is 1.07 bits per heavy atom. The molecule has 0 aliphatic rings. The van der Waals surface area contributed by atoms with E-state index < -0.39 is 0 Å². The van der Waals surface area contributed by atoms with Crippen molar-refractivity contribution in [3.8, 4) is 22.3 Å². The topological polar surface area (TPSA) is 6.48 Å². The van der Waals surface area contributed by atoms with Gasteiger partial charge in [-0.05, 0) is 128 Å². The summed E-state index contributed by atoms with van der Waals surface area (Å²) in [6.07, 6.45) is 0. The van der Waals surface area contributed by atoms with E-state index in [0.717, 1.165) is 72.5 Å². The van der Waals surface area contributed by atoms with Crippen LogP contribution in [0.5, 0.6) is 0 Å². The summed E-state index contributed by atoms with van der Waals surface area (Å²) in [6.45, 7) is 6.76. The lowest BCUT2D eigenvalue weighted by Crippen LogP contribution is -2.15. The summed E-state index contributed by atoms with van der Waals surface area (Å²) in [5.41, 5.74) is 11.0. The highest BCUT2D eigenvalue weighted by atomic mass is 19.1. The number of hydrogen-bond acceptors (Lipinski definition) is 2. The molecule has 0 saturated carbocycles. The number of rotatable bonds is 8. The molecule has 0 atom stereocenters. The van der Waals surface area contributed by atoms with Gasteiger partial charge in [-0.25, -0.2) is 8.78 Å². The third kappa shape index (κ3) is 6.70. The number of benzene rings is 10. The molecule has 0 bridgehead atoms. The molecular formula is C56H42F2N2. The van der Waals surface area contributed by atoms with E-state index in [9.17, 15) is 8.78 Å². The van der Waals surface area contributed by atoms with E-state index in [4.69, 9.17) is 0 Å². The van der Waals surface area contributed by atoms with Crippen LogP contribution in [0.2, 0.25) is 0 Å². The summed E-state index contributed by atoms with van der Waals surface area (Å²) in [6, 6.07) is 67.1. The van der Waals surface area contributed by atoms with Crippen LogP contribution in [0.25, 0.3) is 54.6 Å². The van der Waals surface area contributed by atoms with Crippen molar-refractivity contribution in [1.82, 2.24) is 0 Å². The lowest BCUT2D eigenvalue weighted by atomic mass is 9.83. The Morgan fingerprint density at radius 1 is 0.350 bits per heavy atom. The van der Waals surface area contributed by atoms with Crippen LogP contribution < -0.4 is 9.80 Å². The second-order valence-electron chi connectivity index (χ2n) is 16.5. The van der Waals surface area contributed by atoms with Crippen LogP contribution in [0.1, 0.15) is 26.3 Å². The number of anilines is 6. The van der Waals surface area contributed by atoms with Gasteiger partial charge in [-0.2, -0.15) is 0 Å². The van der Waals surface area contributed by atoms with Crippen molar-refractivity contribution in [2.24, 2.45) is 0 Å². The van der Waals surface area contributed by atoms with Gasteiger partial charge in [0.05, 0.1) is 11.4 Å². The highest BCUT2D eigenvalue weighted by Crippen LogP contribution is 2.51. The van der Waals surface area contributed by atoms with Crippen molar-refractivity contribution in [3.63, 3.8) is 0 Å². The van der Waals surface area contributed by atoms with Gasteiger partial charge >= 0.3 is 0 Å². The molecule has 10 aromatic rings. The molecule has 0 heterocycles. The maximum absolute atomic E-state index is 14.7. The van der Waals surface area contributed by atoms with Gasteiger partial charge in [0, 0.05) is 38.9 Å². The van der Waals surface area contributed by atoms with Crippen molar-refractivity contribution in [1.29, 1.82) is 0 Å². The van der Waals surface area contributed by atoms with E-state index in [1.165, 1.54) is 46.0 Å². The van der Waals surface area contributed by atoms with Gasteiger partial charge in [0.25, 0.3) is 0 Å². The van der Waals surface area contributed by atoms with E-state index in [1.54, 1.807) is 0 Å². The molecule has 0 aliphatic heterocycles. The Balaban J connectivity index is 1.28. The van der Waals surface area contributed by atoms with Gasteiger partial charge < -0.3 is 9.80 Å². The zero-order chi connectivity index (χ0) is 41.0. The van der Waals surface area contributed by atoms with E-state index in [2.05, 4.69) is 146 Å². The predicted molar refractivity (Wildman–Crippen MR) is 249 cm³/mol. The van der Waals surface area contributed by atoms with Gasteiger partial charge in [0.1, 0.15) is 11.6 Å². The molecule has 0 amide bonds.